The Morgan fingerprint density at radius 2 is 1.71 bits per heavy atom. The Kier molecular flexibility index (Phi) is 7.33. The van der Waals surface area contributed by atoms with Crippen LogP contribution in [0.4, 0.5) is 10.7 Å². The molecule has 4 rings (SSSR count). The normalized spacial score (nSPS) is 10.8. The van der Waals surface area contributed by atoms with Gasteiger partial charge in [-0.2, -0.15) is 5.10 Å². The molecule has 0 aliphatic heterocycles. The minimum absolute atomic E-state index is 0.387. The lowest BCUT2D eigenvalue weighted by atomic mass is 10.0. The van der Waals surface area contributed by atoms with E-state index < -0.39 is 5.97 Å². The third kappa shape index (κ3) is 5.13. The lowest BCUT2D eigenvalue weighted by Gasteiger charge is -2.12. The van der Waals surface area contributed by atoms with Crippen LogP contribution in [0.2, 0.25) is 0 Å². The van der Waals surface area contributed by atoms with Crippen LogP contribution in [0.25, 0.3) is 11.1 Å². The number of rotatable bonds is 6. The summed E-state index contributed by atoms with van der Waals surface area (Å²) >= 11 is 7.12. The maximum Gasteiger partial charge on any atom is 0.341 e. The molecule has 0 aliphatic rings. The summed E-state index contributed by atoms with van der Waals surface area (Å²) in [6.45, 7) is 8.75. The van der Waals surface area contributed by atoms with Crippen LogP contribution in [0.15, 0.2) is 54.6 Å². The molecule has 0 saturated heterocycles. The highest BCUT2D eigenvalue weighted by molar-refractivity contribution is 7.80. The first-order valence-corrected chi connectivity index (χ1v) is 12.5. The average molecular weight is 505 g/mol. The Morgan fingerprint density at radius 1 is 1.03 bits per heavy atom. The lowest BCUT2D eigenvalue weighted by molar-refractivity contribution is 0.0603. The van der Waals surface area contributed by atoms with Gasteiger partial charge in [-0.05, 0) is 56.6 Å². The highest BCUT2D eigenvalue weighted by Gasteiger charge is 2.25. The Balaban J connectivity index is 1.59. The summed E-state index contributed by atoms with van der Waals surface area (Å²) < 4.78 is 7.09. The Bertz CT molecular complexity index is 1390. The summed E-state index contributed by atoms with van der Waals surface area (Å²) in [6.07, 6.45) is 0. The molecule has 8 heteroatoms. The van der Waals surface area contributed by atoms with E-state index in [1.807, 2.05) is 67.9 Å². The Hall–Kier alpha value is -3.49. The molecule has 6 nitrogen and oxygen atoms in total. The number of aromatic nitrogens is 2. The number of hydrogen-bond acceptors (Lipinski definition) is 5. The van der Waals surface area contributed by atoms with Gasteiger partial charge in [0.2, 0.25) is 0 Å². The van der Waals surface area contributed by atoms with Gasteiger partial charge in [0, 0.05) is 10.4 Å². The Morgan fingerprint density at radius 3 is 2.40 bits per heavy atom. The number of nitrogens with one attached hydrogen (secondary N) is 2. The summed E-state index contributed by atoms with van der Waals surface area (Å²) in [5.74, 6) is -0.406. The molecule has 0 aliphatic carbocycles. The highest BCUT2D eigenvalue weighted by atomic mass is 32.1. The summed E-state index contributed by atoms with van der Waals surface area (Å²) in [5, 5.41) is 12.3. The largest absolute Gasteiger partial charge is 0.465 e. The summed E-state index contributed by atoms with van der Waals surface area (Å²) in [6, 6.07) is 18.1. The van der Waals surface area contributed by atoms with E-state index in [1.165, 1.54) is 29.6 Å². The van der Waals surface area contributed by atoms with Gasteiger partial charge in [-0.25, -0.2) is 4.79 Å². The number of thiophene rings is 1. The SMILES string of the molecule is COC(=O)c1c(NC(=S)Nc2c(C)nn(Cc3ccccc3C)c2C)sc(C)c1-c1ccccc1. The van der Waals surface area contributed by atoms with Gasteiger partial charge in [0.1, 0.15) is 10.6 Å². The molecule has 180 valence electrons. The number of methoxy groups -OCH3 is 1. The van der Waals surface area contributed by atoms with E-state index in [1.54, 1.807) is 0 Å². The van der Waals surface area contributed by atoms with Gasteiger partial charge >= 0.3 is 5.97 Å². The van der Waals surface area contributed by atoms with Crippen molar-refractivity contribution >= 4 is 45.3 Å². The number of esters is 1. The predicted octanol–water partition coefficient (Wildman–Crippen LogP) is 6.49. The molecule has 2 heterocycles. The van der Waals surface area contributed by atoms with Crippen LogP contribution >= 0.6 is 23.6 Å². The van der Waals surface area contributed by atoms with Crippen molar-refractivity contribution in [3.63, 3.8) is 0 Å². The molecule has 0 unspecified atom stereocenters. The third-order valence-electron chi connectivity index (χ3n) is 5.96. The minimum atomic E-state index is -0.406. The van der Waals surface area contributed by atoms with Crippen LogP contribution in [-0.4, -0.2) is 28.0 Å². The van der Waals surface area contributed by atoms with Crippen molar-refractivity contribution in [3.8, 4) is 11.1 Å². The van der Waals surface area contributed by atoms with Crippen molar-refractivity contribution < 1.29 is 9.53 Å². The van der Waals surface area contributed by atoms with Crippen LogP contribution < -0.4 is 10.6 Å². The molecule has 0 radical (unpaired) electrons. The van der Waals surface area contributed by atoms with Crippen molar-refractivity contribution in [3.05, 3.63) is 87.6 Å². The molecule has 4 aromatic rings. The fraction of sp³-hybridized carbons (Fsp3) is 0.222. The quantitative estimate of drug-likeness (QED) is 0.231. The zero-order chi connectivity index (χ0) is 25.1. The number of aryl methyl sites for hydroxylation is 3. The molecule has 0 amide bonds. The molecule has 0 bridgehead atoms. The fourth-order valence-corrected chi connectivity index (χ4v) is 5.45. The van der Waals surface area contributed by atoms with Gasteiger partial charge in [-0.15, -0.1) is 11.3 Å². The van der Waals surface area contributed by atoms with Gasteiger partial charge in [0.15, 0.2) is 5.11 Å². The molecule has 2 aromatic heterocycles. The maximum atomic E-state index is 12.8. The molecule has 0 fully saturated rings. The van der Waals surface area contributed by atoms with Crippen molar-refractivity contribution in [1.82, 2.24) is 9.78 Å². The van der Waals surface area contributed by atoms with Crippen LogP contribution in [0.3, 0.4) is 0 Å². The van der Waals surface area contributed by atoms with E-state index in [0.717, 1.165) is 33.1 Å². The zero-order valence-electron chi connectivity index (χ0n) is 20.4. The van der Waals surface area contributed by atoms with E-state index in [-0.39, 0.29) is 0 Å². The highest BCUT2D eigenvalue weighted by Crippen LogP contribution is 2.40. The van der Waals surface area contributed by atoms with Crippen molar-refractivity contribution in [1.29, 1.82) is 0 Å². The number of carbonyl (C=O) groups is 1. The second-order valence-electron chi connectivity index (χ2n) is 8.30. The predicted molar refractivity (Wildman–Crippen MR) is 148 cm³/mol. The summed E-state index contributed by atoms with van der Waals surface area (Å²) in [4.78, 5) is 13.8. The zero-order valence-corrected chi connectivity index (χ0v) is 22.1. The van der Waals surface area contributed by atoms with E-state index in [2.05, 4.69) is 29.7 Å². The smallest absolute Gasteiger partial charge is 0.341 e. The molecule has 0 spiro atoms. The number of anilines is 2. The first-order valence-electron chi connectivity index (χ1n) is 11.2. The Labute approximate surface area is 215 Å². The van der Waals surface area contributed by atoms with Gasteiger partial charge in [0.05, 0.1) is 30.7 Å². The summed E-state index contributed by atoms with van der Waals surface area (Å²) in [7, 11) is 1.39. The van der Waals surface area contributed by atoms with Crippen molar-refractivity contribution in [2.24, 2.45) is 0 Å². The van der Waals surface area contributed by atoms with E-state index in [4.69, 9.17) is 22.1 Å². The van der Waals surface area contributed by atoms with Crippen molar-refractivity contribution in [2.75, 3.05) is 17.7 Å². The number of nitrogens with zero attached hydrogens (tertiary/aromatic N) is 2. The van der Waals surface area contributed by atoms with Crippen LogP contribution in [-0.2, 0) is 11.3 Å². The number of hydrogen-bond donors (Lipinski definition) is 2. The van der Waals surface area contributed by atoms with Gasteiger partial charge < -0.3 is 15.4 Å². The second-order valence-corrected chi connectivity index (χ2v) is 9.94. The minimum Gasteiger partial charge on any atom is -0.465 e. The standard InChI is InChI=1S/C27H28N4O2S2/c1-16-11-9-10-14-21(16)15-31-18(3)24(17(2)30-31)28-27(34)29-25-23(26(32)33-5)22(19(4)35-25)20-12-7-6-8-13-20/h6-14H,15H2,1-5H3,(H2,28,29,34). The van der Waals surface area contributed by atoms with Crippen LogP contribution in [0.1, 0.15) is 37.7 Å². The second kappa shape index (κ2) is 10.4. The number of carbonyl (C=O) groups excluding carboxylic acids is 1. The molecule has 2 aromatic carbocycles. The number of thiocarbonyl (C=S) groups is 1. The van der Waals surface area contributed by atoms with Crippen LogP contribution in [0, 0.1) is 27.7 Å². The molecule has 0 saturated carbocycles. The molecule has 0 atom stereocenters. The topological polar surface area (TPSA) is 68.2 Å². The monoisotopic (exact) mass is 504 g/mol. The summed E-state index contributed by atoms with van der Waals surface area (Å²) in [5.41, 5.74) is 7.42. The van der Waals surface area contributed by atoms with Gasteiger partial charge in [-0.3, -0.25) is 4.68 Å². The first kappa shape index (κ1) is 24.6. The molecular weight excluding hydrogens is 476 g/mol. The number of ether oxygens (including phenoxy) is 1. The molecular formula is C27H28N4O2S2. The van der Waals surface area contributed by atoms with Gasteiger partial charge in [0.25, 0.3) is 0 Å². The number of benzene rings is 2. The van der Waals surface area contributed by atoms with E-state index >= 15 is 0 Å². The van der Waals surface area contributed by atoms with E-state index in [0.29, 0.717) is 22.2 Å². The third-order valence-corrected chi connectivity index (χ3v) is 7.19. The average Bonchev–Trinajstić information content (AvgIpc) is 3.30. The fourth-order valence-electron chi connectivity index (χ4n) is 4.11. The van der Waals surface area contributed by atoms with Crippen molar-refractivity contribution in [2.45, 2.75) is 34.2 Å². The van der Waals surface area contributed by atoms with Gasteiger partial charge in [-0.1, -0.05) is 54.6 Å². The maximum absolute atomic E-state index is 12.8. The van der Waals surface area contributed by atoms with Crippen LogP contribution in [0.5, 0.6) is 0 Å². The van der Waals surface area contributed by atoms with E-state index in [9.17, 15) is 4.79 Å². The lowest BCUT2D eigenvalue weighted by Crippen LogP contribution is -2.21. The molecule has 2 N–H and O–H groups in total. The molecule has 35 heavy (non-hydrogen) atoms. The first-order chi connectivity index (χ1) is 16.8.